The van der Waals surface area contributed by atoms with E-state index in [2.05, 4.69) is 10.5 Å². The fraction of sp³-hybridized carbons (Fsp3) is 0.625. The molecule has 0 aromatic heterocycles. The van der Waals surface area contributed by atoms with E-state index < -0.39 is 6.03 Å². The Morgan fingerprint density at radius 1 is 1.69 bits per heavy atom. The van der Waals surface area contributed by atoms with Crippen molar-refractivity contribution >= 4 is 17.5 Å². The largest absolute Gasteiger partial charge is 0.350 e. The molecule has 0 spiro atoms. The zero-order valence-electron chi connectivity index (χ0n) is 7.54. The van der Waals surface area contributed by atoms with Crippen LogP contribution in [0.25, 0.3) is 0 Å². The lowest BCUT2D eigenvalue weighted by Gasteiger charge is -2.17. The number of amides is 2. The number of carbonyl (C=O) groups is 2. The third kappa shape index (κ3) is 2.54. The molecule has 0 saturated heterocycles. The highest BCUT2D eigenvalue weighted by Crippen LogP contribution is 2.17. The average molecular weight is 183 g/mol. The van der Waals surface area contributed by atoms with Crippen molar-refractivity contribution in [2.75, 3.05) is 0 Å². The summed E-state index contributed by atoms with van der Waals surface area (Å²) >= 11 is 0. The van der Waals surface area contributed by atoms with Gasteiger partial charge in [-0.05, 0) is 19.3 Å². The van der Waals surface area contributed by atoms with Crippen molar-refractivity contribution in [1.82, 2.24) is 5.43 Å². The maximum Gasteiger partial charge on any atom is 0.332 e. The van der Waals surface area contributed by atoms with Gasteiger partial charge in [0.2, 0.25) is 0 Å². The van der Waals surface area contributed by atoms with E-state index in [1.54, 1.807) is 0 Å². The SMILES string of the molecule is CC1CCC/C(=N/NC(N)=O)C1=O. The molecule has 1 rings (SSSR count). The number of carbonyl (C=O) groups excluding carboxylic acids is 2. The molecule has 1 unspecified atom stereocenters. The Labute approximate surface area is 76.4 Å². The quantitative estimate of drug-likeness (QED) is 0.576. The Morgan fingerprint density at radius 3 is 3.00 bits per heavy atom. The molecule has 1 saturated carbocycles. The van der Waals surface area contributed by atoms with E-state index in [1.165, 1.54) is 0 Å². The highest BCUT2D eigenvalue weighted by Gasteiger charge is 2.23. The molecule has 1 aliphatic rings. The topological polar surface area (TPSA) is 84.5 Å². The van der Waals surface area contributed by atoms with Crippen LogP contribution in [-0.2, 0) is 4.79 Å². The van der Waals surface area contributed by atoms with E-state index in [0.29, 0.717) is 12.1 Å². The number of ketones is 1. The number of nitrogens with one attached hydrogen (secondary N) is 1. The second-order valence-corrected chi connectivity index (χ2v) is 3.19. The monoisotopic (exact) mass is 183 g/mol. The maximum atomic E-state index is 11.4. The first-order chi connectivity index (χ1) is 6.11. The molecule has 0 aromatic carbocycles. The van der Waals surface area contributed by atoms with Gasteiger partial charge in [-0.25, -0.2) is 10.2 Å². The zero-order valence-corrected chi connectivity index (χ0v) is 7.54. The number of hydrogen-bond acceptors (Lipinski definition) is 3. The van der Waals surface area contributed by atoms with Crippen LogP contribution in [0.5, 0.6) is 0 Å². The summed E-state index contributed by atoms with van der Waals surface area (Å²) in [6, 6.07) is -0.737. The molecular formula is C8H13N3O2. The highest BCUT2D eigenvalue weighted by molar-refractivity contribution is 6.41. The van der Waals surface area contributed by atoms with Crippen LogP contribution in [0.2, 0.25) is 0 Å². The lowest BCUT2D eigenvalue weighted by Crippen LogP contribution is -2.32. The number of hydrazone groups is 1. The molecule has 0 heterocycles. The van der Waals surface area contributed by atoms with Crippen molar-refractivity contribution < 1.29 is 9.59 Å². The lowest BCUT2D eigenvalue weighted by molar-refractivity contribution is -0.116. The minimum absolute atomic E-state index is 0.0139. The smallest absolute Gasteiger partial charge is 0.332 e. The van der Waals surface area contributed by atoms with Gasteiger partial charge in [0.1, 0.15) is 5.71 Å². The van der Waals surface area contributed by atoms with Crippen LogP contribution in [0.4, 0.5) is 4.79 Å². The van der Waals surface area contributed by atoms with Gasteiger partial charge in [-0.15, -0.1) is 0 Å². The van der Waals surface area contributed by atoms with Crippen LogP contribution < -0.4 is 11.2 Å². The Hall–Kier alpha value is -1.39. The number of Topliss-reactive ketones (excluding diaryl/α,β-unsaturated/α-hetero) is 1. The van der Waals surface area contributed by atoms with Gasteiger partial charge < -0.3 is 5.73 Å². The Kier molecular flexibility index (Phi) is 3.00. The van der Waals surface area contributed by atoms with E-state index >= 15 is 0 Å². The standard InChI is InChI=1S/C8H13N3O2/c1-5-3-2-4-6(7(5)12)10-11-8(9)13/h5H,2-4H2,1H3,(H3,9,11,13)/b10-6-. The van der Waals surface area contributed by atoms with Gasteiger partial charge >= 0.3 is 6.03 Å². The summed E-state index contributed by atoms with van der Waals surface area (Å²) in [7, 11) is 0. The third-order valence-electron chi connectivity index (χ3n) is 2.08. The number of rotatable bonds is 1. The Balaban J connectivity index is 2.62. The van der Waals surface area contributed by atoms with Crippen LogP contribution in [-0.4, -0.2) is 17.5 Å². The van der Waals surface area contributed by atoms with Crippen molar-refractivity contribution in [2.45, 2.75) is 26.2 Å². The van der Waals surface area contributed by atoms with Gasteiger partial charge in [0.25, 0.3) is 0 Å². The number of urea groups is 1. The minimum Gasteiger partial charge on any atom is -0.350 e. The summed E-state index contributed by atoms with van der Waals surface area (Å²) in [4.78, 5) is 21.7. The van der Waals surface area contributed by atoms with Crippen molar-refractivity contribution in [1.29, 1.82) is 0 Å². The predicted molar refractivity (Wildman–Crippen MR) is 48.2 cm³/mol. The van der Waals surface area contributed by atoms with Crippen molar-refractivity contribution in [3.8, 4) is 0 Å². The maximum absolute atomic E-state index is 11.4. The van der Waals surface area contributed by atoms with E-state index in [4.69, 9.17) is 5.73 Å². The summed E-state index contributed by atoms with van der Waals surface area (Å²) in [5.41, 5.74) is 7.32. The summed E-state index contributed by atoms with van der Waals surface area (Å²) in [6.45, 7) is 1.86. The van der Waals surface area contributed by atoms with Crippen LogP contribution in [0.1, 0.15) is 26.2 Å². The van der Waals surface area contributed by atoms with E-state index in [1.807, 2.05) is 6.92 Å². The number of nitrogens with two attached hydrogens (primary N) is 1. The highest BCUT2D eigenvalue weighted by atomic mass is 16.2. The van der Waals surface area contributed by atoms with Gasteiger partial charge in [0, 0.05) is 5.92 Å². The molecule has 13 heavy (non-hydrogen) atoms. The second-order valence-electron chi connectivity index (χ2n) is 3.19. The van der Waals surface area contributed by atoms with Gasteiger partial charge in [0.05, 0.1) is 0 Å². The van der Waals surface area contributed by atoms with Crippen LogP contribution >= 0.6 is 0 Å². The molecule has 0 aromatic rings. The van der Waals surface area contributed by atoms with Crippen molar-refractivity contribution in [3.05, 3.63) is 0 Å². The number of hydrogen-bond donors (Lipinski definition) is 2. The van der Waals surface area contributed by atoms with Crippen molar-refractivity contribution in [3.63, 3.8) is 0 Å². The molecule has 1 aliphatic carbocycles. The first-order valence-electron chi connectivity index (χ1n) is 4.27. The van der Waals surface area contributed by atoms with Crippen molar-refractivity contribution in [2.24, 2.45) is 16.8 Å². The zero-order chi connectivity index (χ0) is 9.84. The number of nitrogens with zero attached hydrogens (tertiary/aromatic N) is 1. The summed E-state index contributed by atoms with van der Waals surface area (Å²) < 4.78 is 0. The fourth-order valence-electron chi connectivity index (χ4n) is 1.35. The van der Waals surface area contributed by atoms with E-state index in [9.17, 15) is 9.59 Å². The van der Waals surface area contributed by atoms with Crippen LogP contribution in [0, 0.1) is 5.92 Å². The first-order valence-corrected chi connectivity index (χ1v) is 4.27. The lowest BCUT2D eigenvalue weighted by atomic mass is 9.88. The predicted octanol–water partition coefficient (Wildman–Crippen LogP) is 0.400. The number of primary amides is 1. The normalized spacial score (nSPS) is 26.1. The molecule has 0 radical (unpaired) electrons. The molecule has 0 bridgehead atoms. The second kappa shape index (κ2) is 4.02. The van der Waals surface area contributed by atoms with E-state index in [-0.39, 0.29) is 11.7 Å². The van der Waals surface area contributed by atoms with Gasteiger partial charge in [-0.1, -0.05) is 6.92 Å². The molecule has 1 fully saturated rings. The minimum atomic E-state index is -0.737. The summed E-state index contributed by atoms with van der Waals surface area (Å²) in [6.07, 6.45) is 2.46. The third-order valence-corrected chi connectivity index (χ3v) is 2.08. The molecule has 0 aliphatic heterocycles. The van der Waals surface area contributed by atoms with Gasteiger partial charge in [-0.3, -0.25) is 4.79 Å². The Morgan fingerprint density at radius 2 is 2.38 bits per heavy atom. The van der Waals surface area contributed by atoms with Gasteiger partial charge in [-0.2, -0.15) is 5.10 Å². The molecule has 72 valence electrons. The molecule has 1 atom stereocenters. The average Bonchev–Trinajstić information content (AvgIpc) is 2.07. The fourth-order valence-corrected chi connectivity index (χ4v) is 1.35. The Bertz CT molecular complexity index is 260. The first kappa shape index (κ1) is 9.70. The van der Waals surface area contributed by atoms with E-state index in [0.717, 1.165) is 12.8 Å². The molecule has 5 heteroatoms. The molecule has 5 nitrogen and oxygen atoms in total. The molecule has 2 amide bonds. The van der Waals surface area contributed by atoms with Crippen LogP contribution in [0.15, 0.2) is 5.10 Å². The molecular weight excluding hydrogens is 170 g/mol. The summed E-state index contributed by atoms with van der Waals surface area (Å²) in [5, 5.41) is 3.66. The van der Waals surface area contributed by atoms with Crippen LogP contribution in [0.3, 0.4) is 0 Å². The summed E-state index contributed by atoms with van der Waals surface area (Å²) in [5.74, 6) is 0.0298. The van der Waals surface area contributed by atoms with Gasteiger partial charge in [0.15, 0.2) is 5.78 Å². The molecule has 3 N–H and O–H groups in total.